The number of fused-ring (bicyclic) bond motifs is 2. The number of carbonyl (C=O) groups excluding carboxylic acids is 1. The van der Waals surface area contributed by atoms with Crippen molar-refractivity contribution in [1.29, 1.82) is 0 Å². The molecule has 3 heterocycles. The van der Waals surface area contributed by atoms with Crippen molar-refractivity contribution < 1.29 is 4.79 Å². The van der Waals surface area contributed by atoms with Crippen LogP contribution in [0.15, 0.2) is 64.6 Å². The quantitative estimate of drug-likeness (QED) is 0.728. The molecular weight excluding hydrogens is 366 g/mol. The number of carbonyl (C=O) groups is 1. The molecule has 1 aliphatic heterocycles. The number of allylic oxidation sites excluding steroid dienone is 1. The topological polar surface area (TPSA) is 105 Å². The first kappa shape index (κ1) is 17.1. The lowest BCUT2D eigenvalue weighted by atomic mass is 9.95. The van der Waals surface area contributed by atoms with Crippen molar-refractivity contribution in [3.8, 4) is 11.4 Å². The van der Waals surface area contributed by atoms with Gasteiger partial charge in [-0.2, -0.15) is 0 Å². The minimum Gasteiger partial charge on any atom is -0.354 e. The Morgan fingerprint density at radius 1 is 0.966 bits per heavy atom. The monoisotopic (exact) mass is 381 g/mol. The second kappa shape index (κ2) is 7.16. The van der Waals surface area contributed by atoms with Crippen molar-refractivity contribution in [3.63, 3.8) is 0 Å². The normalized spacial score (nSPS) is 14.1. The Labute approximate surface area is 166 Å². The number of nitrogens with zero attached hydrogens (tertiary/aromatic N) is 6. The molecule has 5 rings (SSSR count). The minimum atomic E-state index is -0.256. The summed E-state index contributed by atoms with van der Waals surface area (Å²) in [6.45, 7) is 0.701. The highest BCUT2D eigenvalue weighted by Gasteiger charge is 2.31. The molecule has 2 aromatic heterocycles. The van der Waals surface area contributed by atoms with Gasteiger partial charge in [0, 0.05) is 18.3 Å². The molecule has 1 aromatic carbocycles. The number of anilines is 1. The third kappa shape index (κ3) is 3.20. The van der Waals surface area contributed by atoms with Crippen LogP contribution in [0.5, 0.6) is 0 Å². The van der Waals surface area contributed by atoms with E-state index in [1.54, 1.807) is 18.3 Å². The van der Waals surface area contributed by atoms with E-state index in [2.05, 4.69) is 47.4 Å². The van der Waals surface area contributed by atoms with E-state index < -0.39 is 0 Å². The third-order valence-corrected chi connectivity index (χ3v) is 4.66. The molecule has 0 atom stereocenters. The average molecular weight is 381 g/mol. The second-order valence-corrected chi connectivity index (χ2v) is 6.49. The van der Waals surface area contributed by atoms with Gasteiger partial charge in [0.05, 0.1) is 11.4 Å². The van der Waals surface area contributed by atoms with Gasteiger partial charge in [0.15, 0.2) is 0 Å². The molecule has 3 aromatic rings. The lowest BCUT2D eigenvalue weighted by Gasteiger charge is -2.14. The molecule has 0 unspecified atom stereocenters. The zero-order valence-electron chi connectivity index (χ0n) is 15.3. The molecule has 0 fully saturated rings. The van der Waals surface area contributed by atoms with Crippen LogP contribution >= 0.6 is 0 Å². The van der Waals surface area contributed by atoms with E-state index in [0.717, 1.165) is 6.42 Å². The first-order valence-corrected chi connectivity index (χ1v) is 9.13. The van der Waals surface area contributed by atoms with Gasteiger partial charge in [0.25, 0.3) is 0 Å². The van der Waals surface area contributed by atoms with Crippen LogP contribution < -0.4 is 5.32 Å². The Hall–Kier alpha value is -4.07. The van der Waals surface area contributed by atoms with Gasteiger partial charge in [-0.15, -0.1) is 0 Å². The van der Waals surface area contributed by atoms with Crippen molar-refractivity contribution in [2.24, 2.45) is 9.98 Å². The van der Waals surface area contributed by atoms with Crippen LogP contribution in [0, 0.1) is 0 Å². The van der Waals surface area contributed by atoms with Gasteiger partial charge in [-0.1, -0.05) is 30.3 Å². The van der Waals surface area contributed by atoms with Gasteiger partial charge in [-0.25, -0.2) is 29.9 Å². The maximum atomic E-state index is 12.6. The number of benzene rings is 1. The summed E-state index contributed by atoms with van der Waals surface area (Å²) >= 11 is 0. The Kier molecular flexibility index (Phi) is 4.21. The van der Waals surface area contributed by atoms with Crippen molar-refractivity contribution in [3.05, 3.63) is 71.4 Å². The summed E-state index contributed by atoms with van der Waals surface area (Å²) in [6.07, 6.45) is 7.04. The molecule has 0 bridgehead atoms. The number of rotatable bonds is 5. The van der Waals surface area contributed by atoms with Crippen molar-refractivity contribution in [2.45, 2.75) is 6.42 Å². The number of hydrogen-bond donors (Lipinski definition) is 1. The molecular formula is C21H15N7O. The van der Waals surface area contributed by atoms with E-state index in [9.17, 15) is 4.79 Å². The molecule has 8 nitrogen and oxygen atoms in total. The second-order valence-electron chi connectivity index (χ2n) is 6.49. The molecule has 29 heavy (non-hydrogen) atoms. The smallest absolute Gasteiger partial charge is 0.232 e. The predicted molar refractivity (Wildman–Crippen MR) is 110 cm³/mol. The Balaban J connectivity index is 1.42. The SMILES string of the molecule is O=C1C2=NC=NC2=Cc2c1ncnc2-c1ccnc(NCCc2ccccc2)n1. The van der Waals surface area contributed by atoms with Crippen LogP contribution in [0.1, 0.15) is 21.6 Å². The fourth-order valence-electron chi connectivity index (χ4n) is 3.26. The number of ketones is 1. The fourth-order valence-corrected chi connectivity index (χ4v) is 3.26. The van der Waals surface area contributed by atoms with Gasteiger partial charge in [-0.3, -0.25) is 4.79 Å². The van der Waals surface area contributed by atoms with Crippen LogP contribution in [0.2, 0.25) is 0 Å². The molecule has 1 N–H and O–H groups in total. The van der Waals surface area contributed by atoms with Crippen LogP contribution in [0.25, 0.3) is 17.5 Å². The molecule has 1 aliphatic carbocycles. The number of hydrogen-bond acceptors (Lipinski definition) is 8. The Morgan fingerprint density at radius 3 is 2.72 bits per heavy atom. The van der Waals surface area contributed by atoms with E-state index in [1.165, 1.54) is 18.2 Å². The first-order valence-electron chi connectivity index (χ1n) is 9.13. The molecule has 0 spiro atoms. The lowest BCUT2D eigenvalue weighted by Crippen LogP contribution is -2.21. The molecule has 2 aliphatic rings. The van der Waals surface area contributed by atoms with Crippen molar-refractivity contribution in [2.75, 3.05) is 11.9 Å². The lowest BCUT2D eigenvalue weighted by molar-refractivity contribution is 0.106. The summed E-state index contributed by atoms with van der Waals surface area (Å²) in [5.74, 6) is 0.246. The minimum absolute atomic E-state index is 0.256. The molecule has 140 valence electrons. The summed E-state index contributed by atoms with van der Waals surface area (Å²) in [6, 6.07) is 12.0. The van der Waals surface area contributed by atoms with Gasteiger partial charge in [0.2, 0.25) is 11.7 Å². The molecule has 0 radical (unpaired) electrons. The first-order chi connectivity index (χ1) is 14.3. The third-order valence-electron chi connectivity index (χ3n) is 4.66. The van der Waals surface area contributed by atoms with E-state index in [0.29, 0.717) is 46.5 Å². The van der Waals surface area contributed by atoms with E-state index in [1.807, 2.05) is 18.2 Å². The van der Waals surface area contributed by atoms with Crippen LogP contribution in [-0.4, -0.2) is 44.3 Å². The van der Waals surface area contributed by atoms with Gasteiger partial charge < -0.3 is 5.32 Å². The highest BCUT2D eigenvalue weighted by atomic mass is 16.1. The zero-order chi connectivity index (χ0) is 19.6. The number of aromatic nitrogens is 4. The summed E-state index contributed by atoms with van der Waals surface area (Å²) in [7, 11) is 0. The summed E-state index contributed by atoms with van der Waals surface area (Å²) < 4.78 is 0. The summed E-state index contributed by atoms with van der Waals surface area (Å²) in [5, 5.41) is 3.24. The van der Waals surface area contributed by atoms with Crippen molar-refractivity contribution >= 4 is 29.9 Å². The maximum absolute atomic E-state index is 12.6. The summed E-state index contributed by atoms with van der Waals surface area (Å²) in [4.78, 5) is 38.2. The maximum Gasteiger partial charge on any atom is 0.232 e. The highest BCUT2D eigenvalue weighted by molar-refractivity contribution is 6.55. The predicted octanol–water partition coefficient (Wildman–Crippen LogP) is 2.61. The van der Waals surface area contributed by atoms with E-state index in [-0.39, 0.29) is 5.78 Å². The highest BCUT2D eigenvalue weighted by Crippen LogP contribution is 2.30. The molecule has 0 saturated heterocycles. The largest absolute Gasteiger partial charge is 0.354 e. The molecule has 0 amide bonds. The van der Waals surface area contributed by atoms with E-state index in [4.69, 9.17) is 0 Å². The number of nitrogens with one attached hydrogen (secondary N) is 1. The van der Waals surface area contributed by atoms with Gasteiger partial charge >= 0.3 is 0 Å². The van der Waals surface area contributed by atoms with Gasteiger partial charge in [0.1, 0.15) is 29.8 Å². The number of Topliss-reactive ketones (excluding diaryl/α,β-unsaturated/α-hetero) is 1. The van der Waals surface area contributed by atoms with Crippen molar-refractivity contribution in [1.82, 2.24) is 19.9 Å². The Morgan fingerprint density at radius 2 is 1.83 bits per heavy atom. The summed E-state index contributed by atoms with van der Waals surface area (Å²) in [5.41, 5.74) is 4.14. The molecule has 0 saturated carbocycles. The van der Waals surface area contributed by atoms with Crippen LogP contribution in [0.4, 0.5) is 5.95 Å². The standard InChI is InChI=1S/C21H15N7O/c29-20-18-14(10-16-19(20)27-11-24-16)17(25-12-26-18)15-7-9-23-21(28-15)22-8-6-13-4-2-1-3-5-13/h1-5,7,9-12H,6,8H2,(H,22,23,28). The molecule has 8 heteroatoms. The van der Waals surface area contributed by atoms with Gasteiger partial charge in [-0.05, 0) is 24.1 Å². The fraction of sp³-hybridized carbons (Fsp3) is 0.0952. The van der Waals surface area contributed by atoms with Crippen LogP contribution in [0.3, 0.4) is 0 Å². The average Bonchev–Trinajstić information content (AvgIpc) is 3.24. The van der Waals surface area contributed by atoms with Crippen LogP contribution in [-0.2, 0) is 6.42 Å². The van der Waals surface area contributed by atoms with E-state index >= 15 is 0 Å². The zero-order valence-corrected chi connectivity index (χ0v) is 15.3. The number of aliphatic imine (C=N–C) groups is 2. The Bertz CT molecular complexity index is 1200.